The summed E-state index contributed by atoms with van der Waals surface area (Å²) < 4.78 is 5.44. The minimum absolute atomic E-state index is 0. The fourth-order valence-electron chi connectivity index (χ4n) is 2.88. The smallest absolute Gasteiger partial charge is 0.244 e. The van der Waals surface area contributed by atoms with Gasteiger partial charge in [0.2, 0.25) is 17.6 Å². The Morgan fingerprint density at radius 3 is 2.31 bits per heavy atom. The molecule has 1 fully saturated rings. The largest absolute Gasteiger partial charge is 0.339 e. The van der Waals surface area contributed by atoms with E-state index in [1.165, 1.54) is 0 Å². The maximum atomic E-state index is 11.9. The second kappa shape index (κ2) is 9.87. The molecule has 0 saturated carbocycles. The Hall–Kier alpha value is -1.67. The first-order chi connectivity index (χ1) is 11.6. The number of nitrogens with two attached hydrogens (primary N) is 1. The number of rotatable bonds is 4. The number of amides is 1. The van der Waals surface area contributed by atoms with Crippen molar-refractivity contribution in [3.63, 3.8) is 0 Å². The molecule has 0 aliphatic carbocycles. The number of hydrogen-bond donors (Lipinski definition) is 1. The summed E-state index contributed by atoms with van der Waals surface area (Å²) >= 11 is 0. The van der Waals surface area contributed by atoms with Crippen molar-refractivity contribution in [2.75, 3.05) is 26.2 Å². The van der Waals surface area contributed by atoms with E-state index in [0.717, 1.165) is 18.7 Å². The Kier molecular flexibility index (Phi) is 8.49. The van der Waals surface area contributed by atoms with E-state index in [9.17, 15) is 4.79 Å². The van der Waals surface area contributed by atoms with Gasteiger partial charge in [0.15, 0.2) is 0 Å². The van der Waals surface area contributed by atoms with Crippen LogP contribution in [0.2, 0.25) is 0 Å². The normalized spacial score (nSPS) is 17.0. The van der Waals surface area contributed by atoms with E-state index < -0.39 is 6.04 Å². The Morgan fingerprint density at radius 1 is 1.12 bits per heavy atom. The number of piperazine rings is 1. The molecule has 1 aliphatic rings. The second-order valence-electron chi connectivity index (χ2n) is 6.15. The molecular weight excluding hydrogens is 377 g/mol. The Morgan fingerprint density at radius 2 is 1.73 bits per heavy atom. The number of halogens is 2. The Labute approximate surface area is 165 Å². The lowest BCUT2D eigenvalue weighted by Gasteiger charge is -2.37. The summed E-state index contributed by atoms with van der Waals surface area (Å²) in [7, 11) is 0. The zero-order valence-electron chi connectivity index (χ0n) is 14.9. The molecule has 0 spiro atoms. The minimum atomic E-state index is -0.446. The first-order valence-electron chi connectivity index (χ1n) is 8.23. The summed E-state index contributed by atoms with van der Waals surface area (Å²) in [5.41, 5.74) is 6.61. The van der Waals surface area contributed by atoms with E-state index in [-0.39, 0.29) is 36.8 Å². The van der Waals surface area contributed by atoms with Crippen LogP contribution in [0.15, 0.2) is 34.9 Å². The molecule has 1 aromatic heterocycles. The first-order valence-corrected chi connectivity index (χ1v) is 8.23. The van der Waals surface area contributed by atoms with Crippen LogP contribution in [-0.4, -0.2) is 58.1 Å². The fraction of sp³-hybridized carbons (Fsp3) is 0.471. The standard InChI is InChI=1S/C17H23N5O2.2ClH/c1-12(18)17(23)22-10-8-21(9-11-22)13(2)16-19-15(20-24-16)14-6-4-3-5-7-14;;/h3-7,12-13H,8-11,18H2,1-2H3;2*1H/t12-,13?;;/m1../s1. The number of carbonyl (C=O) groups excluding carboxylic acids is 1. The highest BCUT2D eigenvalue weighted by Gasteiger charge is 2.28. The molecule has 7 nitrogen and oxygen atoms in total. The molecule has 0 bridgehead atoms. The monoisotopic (exact) mass is 401 g/mol. The van der Waals surface area contributed by atoms with Gasteiger partial charge in [0.1, 0.15) is 0 Å². The lowest BCUT2D eigenvalue weighted by Crippen LogP contribution is -2.52. The predicted octanol–water partition coefficient (Wildman–Crippen LogP) is 2.13. The van der Waals surface area contributed by atoms with Crippen LogP contribution in [0.4, 0.5) is 0 Å². The van der Waals surface area contributed by atoms with E-state index in [4.69, 9.17) is 10.3 Å². The quantitative estimate of drug-likeness (QED) is 0.843. The average molecular weight is 402 g/mol. The van der Waals surface area contributed by atoms with E-state index in [0.29, 0.717) is 24.8 Å². The lowest BCUT2D eigenvalue weighted by atomic mass is 10.2. The molecule has 2 N–H and O–H groups in total. The molecule has 1 aliphatic heterocycles. The van der Waals surface area contributed by atoms with Crippen molar-refractivity contribution in [1.29, 1.82) is 0 Å². The molecular formula is C17H25Cl2N5O2. The third kappa shape index (κ3) is 4.94. The van der Waals surface area contributed by atoms with Gasteiger partial charge in [0, 0.05) is 31.7 Å². The van der Waals surface area contributed by atoms with Gasteiger partial charge in [-0.3, -0.25) is 9.69 Å². The summed E-state index contributed by atoms with van der Waals surface area (Å²) in [5.74, 6) is 1.20. The maximum Gasteiger partial charge on any atom is 0.244 e. The lowest BCUT2D eigenvalue weighted by molar-refractivity contribution is -0.134. The van der Waals surface area contributed by atoms with Gasteiger partial charge in [-0.25, -0.2) is 0 Å². The van der Waals surface area contributed by atoms with Gasteiger partial charge in [0.05, 0.1) is 12.1 Å². The SMILES string of the molecule is CC(c1nc(-c2ccccc2)no1)N1CCN(C(=O)[C@@H](C)N)CC1.Cl.Cl. The molecule has 26 heavy (non-hydrogen) atoms. The fourth-order valence-corrected chi connectivity index (χ4v) is 2.88. The van der Waals surface area contributed by atoms with Gasteiger partial charge < -0.3 is 15.2 Å². The van der Waals surface area contributed by atoms with Gasteiger partial charge in [-0.2, -0.15) is 4.98 Å². The maximum absolute atomic E-state index is 11.9. The van der Waals surface area contributed by atoms with Crippen molar-refractivity contribution in [3.05, 3.63) is 36.2 Å². The van der Waals surface area contributed by atoms with E-state index >= 15 is 0 Å². The minimum Gasteiger partial charge on any atom is -0.339 e. The summed E-state index contributed by atoms with van der Waals surface area (Å²) in [6.45, 7) is 6.65. The van der Waals surface area contributed by atoms with Crippen molar-refractivity contribution >= 4 is 30.7 Å². The van der Waals surface area contributed by atoms with Crippen molar-refractivity contribution in [2.24, 2.45) is 5.73 Å². The van der Waals surface area contributed by atoms with Gasteiger partial charge in [-0.15, -0.1) is 24.8 Å². The molecule has 1 amide bonds. The van der Waals surface area contributed by atoms with Gasteiger partial charge in [-0.05, 0) is 13.8 Å². The molecule has 0 radical (unpaired) electrons. The summed E-state index contributed by atoms with van der Waals surface area (Å²) in [6, 6.07) is 9.33. The van der Waals surface area contributed by atoms with Crippen molar-refractivity contribution in [2.45, 2.75) is 25.9 Å². The van der Waals surface area contributed by atoms with Crippen LogP contribution < -0.4 is 5.73 Å². The van der Waals surface area contributed by atoms with Crippen molar-refractivity contribution in [3.8, 4) is 11.4 Å². The molecule has 2 aromatic rings. The highest BCUT2D eigenvalue weighted by atomic mass is 35.5. The van der Waals surface area contributed by atoms with Crippen LogP contribution >= 0.6 is 24.8 Å². The summed E-state index contributed by atoms with van der Waals surface area (Å²) in [6.07, 6.45) is 0. The summed E-state index contributed by atoms with van der Waals surface area (Å²) in [5, 5.41) is 4.07. The number of hydrogen-bond acceptors (Lipinski definition) is 6. The number of benzene rings is 1. The molecule has 9 heteroatoms. The molecule has 1 unspecified atom stereocenters. The third-order valence-electron chi connectivity index (χ3n) is 4.39. The first kappa shape index (κ1) is 22.4. The van der Waals surface area contributed by atoms with Crippen molar-refractivity contribution < 1.29 is 9.32 Å². The second-order valence-corrected chi connectivity index (χ2v) is 6.15. The Balaban J connectivity index is 0.00000169. The summed E-state index contributed by atoms with van der Waals surface area (Å²) in [4.78, 5) is 20.5. The number of aromatic nitrogens is 2. The molecule has 1 saturated heterocycles. The van der Waals surface area contributed by atoms with Gasteiger partial charge in [-0.1, -0.05) is 35.5 Å². The molecule has 3 rings (SSSR count). The van der Waals surface area contributed by atoms with Crippen LogP contribution in [0, 0.1) is 0 Å². The van der Waals surface area contributed by atoms with Gasteiger partial charge in [0.25, 0.3) is 0 Å². The molecule has 144 valence electrons. The van der Waals surface area contributed by atoms with E-state index in [1.54, 1.807) is 6.92 Å². The van der Waals surface area contributed by atoms with Crippen LogP contribution in [0.3, 0.4) is 0 Å². The molecule has 1 aromatic carbocycles. The van der Waals surface area contributed by atoms with Crippen LogP contribution in [0.5, 0.6) is 0 Å². The van der Waals surface area contributed by atoms with Crippen LogP contribution in [0.25, 0.3) is 11.4 Å². The topological polar surface area (TPSA) is 88.5 Å². The van der Waals surface area contributed by atoms with Crippen LogP contribution in [-0.2, 0) is 4.79 Å². The number of nitrogens with zero attached hydrogens (tertiary/aromatic N) is 4. The third-order valence-corrected chi connectivity index (χ3v) is 4.39. The average Bonchev–Trinajstić information content (AvgIpc) is 3.11. The van der Waals surface area contributed by atoms with Gasteiger partial charge >= 0.3 is 0 Å². The highest BCUT2D eigenvalue weighted by molar-refractivity contribution is 5.85. The molecule has 2 atom stereocenters. The molecule has 2 heterocycles. The zero-order chi connectivity index (χ0) is 17.1. The van der Waals surface area contributed by atoms with Crippen molar-refractivity contribution in [1.82, 2.24) is 19.9 Å². The highest BCUT2D eigenvalue weighted by Crippen LogP contribution is 2.23. The van der Waals surface area contributed by atoms with E-state index in [1.807, 2.05) is 42.2 Å². The predicted molar refractivity (Wildman–Crippen MR) is 104 cm³/mol. The van der Waals surface area contributed by atoms with Crippen LogP contribution in [0.1, 0.15) is 25.8 Å². The Bertz CT molecular complexity index is 687. The number of carbonyl (C=O) groups is 1. The zero-order valence-corrected chi connectivity index (χ0v) is 16.5. The van der Waals surface area contributed by atoms with E-state index in [2.05, 4.69) is 15.0 Å².